The molecule has 0 saturated carbocycles. The van der Waals surface area contributed by atoms with Gasteiger partial charge in [0.25, 0.3) is 0 Å². The summed E-state index contributed by atoms with van der Waals surface area (Å²) in [5.74, 6) is 0.720. The van der Waals surface area contributed by atoms with E-state index in [-0.39, 0.29) is 5.25 Å². The lowest BCUT2D eigenvalue weighted by Crippen LogP contribution is -2.15. The first-order valence-electron chi connectivity index (χ1n) is 5.32. The van der Waals surface area contributed by atoms with E-state index in [1.165, 1.54) is 0 Å². The average Bonchev–Trinajstić information content (AvgIpc) is 2.31. The highest BCUT2D eigenvalue weighted by atomic mass is 32.1. The molecule has 0 amide bonds. The summed E-state index contributed by atoms with van der Waals surface area (Å²) in [7, 11) is 1.65. The third-order valence-corrected chi connectivity index (χ3v) is 2.76. The molecular formula is C10H22O4S2. The van der Waals surface area contributed by atoms with Crippen molar-refractivity contribution in [3.8, 4) is 0 Å². The molecule has 0 aliphatic rings. The SMILES string of the molecule is COCCOCCOCCOCC(S)CS. The van der Waals surface area contributed by atoms with E-state index in [1.54, 1.807) is 7.11 Å². The Bertz CT molecular complexity index is 138. The Morgan fingerprint density at radius 1 is 0.875 bits per heavy atom. The fourth-order valence-corrected chi connectivity index (χ4v) is 1.06. The van der Waals surface area contributed by atoms with Crippen molar-refractivity contribution in [3.05, 3.63) is 0 Å². The fraction of sp³-hybridized carbons (Fsp3) is 1.00. The molecular weight excluding hydrogens is 248 g/mol. The second-order valence-electron chi connectivity index (χ2n) is 3.13. The van der Waals surface area contributed by atoms with Crippen LogP contribution < -0.4 is 0 Å². The van der Waals surface area contributed by atoms with E-state index in [9.17, 15) is 0 Å². The number of thiol groups is 2. The molecule has 0 N–H and O–H groups in total. The lowest BCUT2D eigenvalue weighted by Gasteiger charge is -2.09. The van der Waals surface area contributed by atoms with E-state index in [0.717, 1.165) is 5.75 Å². The first-order chi connectivity index (χ1) is 7.81. The Hall–Kier alpha value is 0.540. The topological polar surface area (TPSA) is 36.9 Å². The molecule has 4 nitrogen and oxygen atoms in total. The molecule has 98 valence electrons. The van der Waals surface area contributed by atoms with E-state index < -0.39 is 0 Å². The van der Waals surface area contributed by atoms with Gasteiger partial charge >= 0.3 is 0 Å². The molecule has 0 bridgehead atoms. The van der Waals surface area contributed by atoms with Crippen LogP contribution in [0.4, 0.5) is 0 Å². The van der Waals surface area contributed by atoms with Gasteiger partial charge in [0.2, 0.25) is 0 Å². The van der Waals surface area contributed by atoms with Crippen molar-refractivity contribution >= 4 is 25.3 Å². The number of hydrogen-bond acceptors (Lipinski definition) is 6. The van der Waals surface area contributed by atoms with Gasteiger partial charge in [-0.3, -0.25) is 0 Å². The predicted octanol–water partition coefficient (Wildman–Crippen LogP) is 0.911. The van der Waals surface area contributed by atoms with Crippen molar-refractivity contribution < 1.29 is 18.9 Å². The normalized spacial score (nSPS) is 12.9. The molecule has 0 fully saturated rings. The van der Waals surface area contributed by atoms with Gasteiger partial charge in [-0.25, -0.2) is 0 Å². The van der Waals surface area contributed by atoms with Crippen LogP contribution in [0.2, 0.25) is 0 Å². The second kappa shape index (κ2) is 13.6. The minimum absolute atomic E-state index is 0.195. The standard InChI is InChI=1S/C10H22O4S2/c1-11-2-3-12-4-5-13-6-7-14-8-10(16)9-15/h10,15-16H,2-9H2,1H3. The molecule has 6 heteroatoms. The monoisotopic (exact) mass is 270 g/mol. The maximum atomic E-state index is 5.32. The van der Waals surface area contributed by atoms with E-state index in [2.05, 4.69) is 25.3 Å². The van der Waals surface area contributed by atoms with Crippen molar-refractivity contribution in [2.45, 2.75) is 5.25 Å². The van der Waals surface area contributed by atoms with Gasteiger partial charge in [0.15, 0.2) is 0 Å². The minimum Gasteiger partial charge on any atom is -0.382 e. The zero-order chi connectivity index (χ0) is 12.1. The molecule has 0 aromatic rings. The molecule has 1 unspecified atom stereocenters. The van der Waals surface area contributed by atoms with Gasteiger partial charge in [-0.2, -0.15) is 25.3 Å². The Morgan fingerprint density at radius 2 is 1.38 bits per heavy atom. The van der Waals surface area contributed by atoms with Gasteiger partial charge in [-0.05, 0) is 0 Å². The Kier molecular flexibility index (Phi) is 14.1. The smallest absolute Gasteiger partial charge is 0.0701 e. The molecule has 0 aromatic heterocycles. The van der Waals surface area contributed by atoms with Crippen molar-refractivity contribution in [3.63, 3.8) is 0 Å². The maximum absolute atomic E-state index is 5.32. The van der Waals surface area contributed by atoms with Crippen LogP contribution in [0.25, 0.3) is 0 Å². The summed E-state index contributed by atoms with van der Waals surface area (Å²) in [6.45, 7) is 4.19. The first kappa shape index (κ1) is 16.5. The highest BCUT2D eigenvalue weighted by Crippen LogP contribution is 1.97. The molecule has 0 spiro atoms. The largest absolute Gasteiger partial charge is 0.382 e. The Balaban J connectivity index is 2.93. The quantitative estimate of drug-likeness (QED) is 0.408. The van der Waals surface area contributed by atoms with E-state index >= 15 is 0 Å². The summed E-state index contributed by atoms with van der Waals surface area (Å²) >= 11 is 8.35. The molecule has 1 atom stereocenters. The van der Waals surface area contributed by atoms with Crippen LogP contribution in [-0.4, -0.2) is 64.4 Å². The summed E-state index contributed by atoms with van der Waals surface area (Å²) in [6, 6.07) is 0. The molecule has 0 rings (SSSR count). The molecule has 0 aliphatic carbocycles. The van der Waals surface area contributed by atoms with Crippen LogP contribution in [0.5, 0.6) is 0 Å². The molecule has 0 saturated heterocycles. The molecule has 0 heterocycles. The second-order valence-corrected chi connectivity index (χ2v) is 4.22. The van der Waals surface area contributed by atoms with E-state index in [1.807, 2.05) is 0 Å². The van der Waals surface area contributed by atoms with Gasteiger partial charge < -0.3 is 18.9 Å². The van der Waals surface area contributed by atoms with E-state index in [0.29, 0.717) is 46.2 Å². The van der Waals surface area contributed by atoms with Gasteiger partial charge in [0, 0.05) is 18.1 Å². The van der Waals surface area contributed by atoms with Gasteiger partial charge in [-0.15, -0.1) is 0 Å². The Labute approximate surface area is 109 Å². The molecule has 0 radical (unpaired) electrons. The van der Waals surface area contributed by atoms with Crippen LogP contribution in [0.15, 0.2) is 0 Å². The summed E-state index contributed by atoms with van der Waals surface area (Å²) in [4.78, 5) is 0. The third-order valence-electron chi connectivity index (χ3n) is 1.70. The molecule has 0 aliphatic heterocycles. The number of rotatable bonds is 12. The number of hydrogen-bond donors (Lipinski definition) is 2. The third kappa shape index (κ3) is 12.6. The lowest BCUT2D eigenvalue weighted by atomic mass is 10.5. The number of ether oxygens (including phenoxy) is 4. The zero-order valence-electron chi connectivity index (χ0n) is 9.76. The summed E-state index contributed by atoms with van der Waals surface area (Å²) in [6.07, 6.45) is 0. The van der Waals surface area contributed by atoms with Crippen LogP contribution in [0.3, 0.4) is 0 Å². The maximum Gasteiger partial charge on any atom is 0.0701 e. The zero-order valence-corrected chi connectivity index (χ0v) is 11.6. The lowest BCUT2D eigenvalue weighted by molar-refractivity contribution is 0.00431. The van der Waals surface area contributed by atoms with E-state index in [4.69, 9.17) is 18.9 Å². The van der Waals surface area contributed by atoms with Crippen LogP contribution in [0.1, 0.15) is 0 Å². The van der Waals surface area contributed by atoms with Crippen molar-refractivity contribution in [1.82, 2.24) is 0 Å². The minimum atomic E-state index is 0.195. The average molecular weight is 270 g/mol. The fourth-order valence-electron chi connectivity index (χ4n) is 0.854. The summed E-state index contributed by atoms with van der Waals surface area (Å²) in [5, 5.41) is 0.195. The highest BCUT2D eigenvalue weighted by Gasteiger charge is 1.99. The van der Waals surface area contributed by atoms with Crippen molar-refractivity contribution in [2.75, 3.05) is 59.1 Å². The Morgan fingerprint density at radius 3 is 1.88 bits per heavy atom. The van der Waals surface area contributed by atoms with Gasteiger partial charge in [0.1, 0.15) is 0 Å². The molecule has 16 heavy (non-hydrogen) atoms. The van der Waals surface area contributed by atoms with Crippen molar-refractivity contribution in [2.24, 2.45) is 0 Å². The predicted molar refractivity (Wildman–Crippen MR) is 71.0 cm³/mol. The van der Waals surface area contributed by atoms with Crippen LogP contribution >= 0.6 is 25.3 Å². The summed E-state index contributed by atoms with van der Waals surface area (Å²) in [5.41, 5.74) is 0. The van der Waals surface area contributed by atoms with Crippen LogP contribution in [0, 0.1) is 0 Å². The number of methoxy groups -OCH3 is 1. The highest BCUT2D eigenvalue weighted by molar-refractivity contribution is 7.84. The van der Waals surface area contributed by atoms with Crippen molar-refractivity contribution in [1.29, 1.82) is 0 Å². The summed E-state index contributed by atoms with van der Waals surface area (Å²) < 4.78 is 20.7. The first-order valence-corrected chi connectivity index (χ1v) is 6.47. The molecule has 0 aromatic carbocycles. The van der Waals surface area contributed by atoms with Gasteiger partial charge in [0.05, 0.1) is 46.2 Å². The van der Waals surface area contributed by atoms with Gasteiger partial charge in [-0.1, -0.05) is 0 Å². The van der Waals surface area contributed by atoms with Crippen LogP contribution in [-0.2, 0) is 18.9 Å².